The number of hydrogen-bond acceptors (Lipinski definition) is 4. The molecule has 5 nitrogen and oxygen atoms in total. The first-order valence-electron chi connectivity index (χ1n) is 7.47. The number of amides is 1. The van der Waals surface area contributed by atoms with Crippen LogP contribution in [0.3, 0.4) is 0 Å². The molecule has 0 fully saturated rings. The largest absolute Gasteiger partial charge is 0.334 e. The molecule has 1 amide bonds. The van der Waals surface area contributed by atoms with E-state index in [-0.39, 0.29) is 12.3 Å². The molecule has 0 radical (unpaired) electrons. The average Bonchev–Trinajstić information content (AvgIpc) is 2.99. The Bertz CT molecular complexity index is 889. The summed E-state index contributed by atoms with van der Waals surface area (Å²) >= 11 is 5.96. The first-order valence-corrected chi connectivity index (χ1v) is 7.85. The maximum Gasteiger partial charge on any atom is 0.258 e. The summed E-state index contributed by atoms with van der Waals surface area (Å²) in [6.07, 6.45) is 0.0291. The fourth-order valence-corrected chi connectivity index (χ4v) is 2.49. The van der Waals surface area contributed by atoms with Crippen LogP contribution in [0.15, 0.2) is 47.0 Å². The second-order valence-corrected chi connectivity index (χ2v) is 5.95. The minimum absolute atomic E-state index is 0.0291. The van der Waals surface area contributed by atoms with Gasteiger partial charge < -0.3 is 9.84 Å². The normalized spacial score (nSPS) is 10.6. The molecule has 0 spiro atoms. The monoisotopic (exact) mass is 341 g/mol. The van der Waals surface area contributed by atoms with Crippen LogP contribution in [0, 0.1) is 13.8 Å². The summed E-state index contributed by atoms with van der Waals surface area (Å²) in [7, 11) is 0. The molecule has 0 aliphatic heterocycles. The van der Waals surface area contributed by atoms with Crippen molar-refractivity contribution in [3.05, 3.63) is 64.4 Å². The molecule has 1 heterocycles. The number of halogens is 1. The average molecular weight is 342 g/mol. The van der Waals surface area contributed by atoms with Crippen LogP contribution in [0.4, 0.5) is 5.69 Å². The van der Waals surface area contributed by atoms with E-state index >= 15 is 0 Å². The van der Waals surface area contributed by atoms with Gasteiger partial charge in [0.15, 0.2) is 5.82 Å². The van der Waals surface area contributed by atoms with Crippen LogP contribution < -0.4 is 5.32 Å². The van der Waals surface area contributed by atoms with Crippen molar-refractivity contribution in [3.63, 3.8) is 0 Å². The molecule has 0 aliphatic rings. The fourth-order valence-electron chi connectivity index (χ4n) is 2.31. The van der Waals surface area contributed by atoms with Crippen LogP contribution in [-0.4, -0.2) is 16.0 Å². The number of nitrogens with zero attached hydrogens (tertiary/aromatic N) is 2. The van der Waals surface area contributed by atoms with Gasteiger partial charge in [-0.2, -0.15) is 4.98 Å². The van der Waals surface area contributed by atoms with Gasteiger partial charge >= 0.3 is 0 Å². The van der Waals surface area contributed by atoms with E-state index in [1.807, 2.05) is 44.2 Å². The van der Waals surface area contributed by atoms with E-state index < -0.39 is 0 Å². The first-order chi connectivity index (χ1) is 11.5. The Balaban J connectivity index is 1.72. The van der Waals surface area contributed by atoms with Gasteiger partial charge in [0.05, 0.1) is 6.42 Å². The highest BCUT2D eigenvalue weighted by atomic mass is 35.5. The van der Waals surface area contributed by atoms with Crippen molar-refractivity contribution in [3.8, 4) is 11.5 Å². The van der Waals surface area contributed by atoms with Crippen molar-refractivity contribution in [2.75, 3.05) is 5.32 Å². The summed E-state index contributed by atoms with van der Waals surface area (Å²) in [5.74, 6) is 0.526. The van der Waals surface area contributed by atoms with Crippen LogP contribution in [0.2, 0.25) is 5.02 Å². The van der Waals surface area contributed by atoms with Crippen molar-refractivity contribution >= 4 is 23.2 Å². The van der Waals surface area contributed by atoms with Gasteiger partial charge in [-0.3, -0.25) is 4.79 Å². The lowest BCUT2D eigenvalue weighted by molar-refractivity contribution is -0.115. The Morgan fingerprint density at radius 3 is 2.75 bits per heavy atom. The van der Waals surface area contributed by atoms with Crippen LogP contribution in [0.25, 0.3) is 11.5 Å². The van der Waals surface area contributed by atoms with Gasteiger partial charge in [-0.1, -0.05) is 41.0 Å². The zero-order chi connectivity index (χ0) is 17.1. The lowest BCUT2D eigenvalue weighted by atomic mass is 10.1. The molecular weight excluding hydrogens is 326 g/mol. The molecule has 3 aromatic rings. The van der Waals surface area contributed by atoms with E-state index in [1.165, 1.54) is 0 Å². The van der Waals surface area contributed by atoms with E-state index in [4.69, 9.17) is 16.1 Å². The van der Waals surface area contributed by atoms with Gasteiger partial charge in [0, 0.05) is 16.3 Å². The Labute approximate surface area is 144 Å². The van der Waals surface area contributed by atoms with E-state index in [0.717, 1.165) is 16.7 Å². The Kier molecular flexibility index (Phi) is 4.62. The highest BCUT2D eigenvalue weighted by molar-refractivity contribution is 6.31. The Hall–Kier alpha value is -2.66. The van der Waals surface area contributed by atoms with Crippen LogP contribution in [0.1, 0.15) is 17.0 Å². The van der Waals surface area contributed by atoms with Gasteiger partial charge in [-0.25, -0.2) is 0 Å². The summed E-state index contributed by atoms with van der Waals surface area (Å²) in [5, 5.41) is 7.26. The molecule has 3 rings (SSSR count). The molecule has 1 aromatic heterocycles. The molecule has 0 bridgehead atoms. The minimum Gasteiger partial charge on any atom is -0.334 e. The Morgan fingerprint density at radius 2 is 1.96 bits per heavy atom. The van der Waals surface area contributed by atoms with Gasteiger partial charge in [0.1, 0.15) is 0 Å². The maximum atomic E-state index is 12.2. The lowest BCUT2D eigenvalue weighted by Gasteiger charge is -2.07. The molecule has 0 saturated carbocycles. The molecule has 0 unspecified atom stereocenters. The van der Waals surface area contributed by atoms with Crippen LogP contribution in [-0.2, 0) is 11.2 Å². The smallest absolute Gasteiger partial charge is 0.258 e. The zero-order valence-corrected chi connectivity index (χ0v) is 14.1. The Morgan fingerprint density at radius 1 is 1.17 bits per heavy atom. The minimum atomic E-state index is -0.225. The predicted octanol–water partition coefficient (Wildman–Crippen LogP) is 4.19. The van der Waals surface area contributed by atoms with E-state index in [0.29, 0.717) is 22.4 Å². The lowest BCUT2D eigenvalue weighted by Crippen LogP contribution is -2.16. The summed E-state index contributed by atoms with van der Waals surface area (Å²) in [6.45, 7) is 3.87. The van der Waals surface area contributed by atoms with Crippen molar-refractivity contribution in [2.45, 2.75) is 20.3 Å². The number of hydrogen-bond donors (Lipinski definition) is 1. The van der Waals surface area contributed by atoms with Gasteiger partial charge in [0.2, 0.25) is 5.91 Å². The third-order valence-corrected chi connectivity index (χ3v) is 3.87. The first kappa shape index (κ1) is 16.2. The standard InChI is InChI=1S/C18H16ClN3O2/c1-11-5-3-4-6-14(11)18-21-16(22-24-18)10-17(23)20-15-9-13(19)8-7-12(15)2/h3-9H,10H2,1-2H3,(H,20,23). The number of aromatic nitrogens is 2. The molecule has 0 saturated heterocycles. The SMILES string of the molecule is Cc1ccc(Cl)cc1NC(=O)Cc1noc(-c2ccccc2C)n1. The highest BCUT2D eigenvalue weighted by Gasteiger charge is 2.14. The quantitative estimate of drug-likeness (QED) is 0.772. The number of anilines is 1. The van der Waals surface area contributed by atoms with Crippen molar-refractivity contribution in [1.29, 1.82) is 0 Å². The van der Waals surface area contributed by atoms with Gasteiger partial charge in [0.25, 0.3) is 5.89 Å². The molecule has 1 N–H and O–H groups in total. The zero-order valence-electron chi connectivity index (χ0n) is 13.3. The highest BCUT2D eigenvalue weighted by Crippen LogP contribution is 2.22. The summed E-state index contributed by atoms with van der Waals surface area (Å²) in [5.41, 5.74) is 3.51. The van der Waals surface area contributed by atoms with E-state index in [9.17, 15) is 4.79 Å². The third-order valence-electron chi connectivity index (χ3n) is 3.64. The number of carbonyl (C=O) groups is 1. The summed E-state index contributed by atoms with van der Waals surface area (Å²) in [4.78, 5) is 16.5. The van der Waals surface area contributed by atoms with Crippen molar-refractivity contribution < 1.29 is 9.32 Å². The summed E-state index contributed by atoms with van der Waals surface area (Å²) < 4.78 is 5.26. The summed E-state index contributed by atoms with van der Waals surface area (Å²) in [6, 6.07) is 13.1. The van der Waals surface area contributed by atoms with Crippen LogP contribution in [0.5, 0.6) is 0 Å². The number of rotatable bonds is 4. The molecule has 122 valence electrons. The topological polar surface area (TPSA) is 68.0 Å². The molecular formula is C18H16ClN3O2. The number of aryl methyl sites for hydroxylation is 2. The fraction of sp³-hybridized carbons (Fsp3) is 0.167. The molecule has 2 aromatic carbocycles. The second kappa shape index (κ2) is 6.84. The number of carbonyl (C=O) groups excluding carboxylic acids is 1. The number of nitrogens with one attached hydrogen (secondary N) is 1. The maximum absolute atomic E-state index is 12.2. The van der Waals surface area contributed by atoms with E-state index in [1.54, 1.807) is 12.1 Å². The molecule has 6 heteroatoms. The van der Waals surface area contributed by atoms with Crippen LogP contribution >= 0.6 is 11.6 Å². The third kappa shape index (κ3) is 3.63. The number of benzene rings is 2. The van der Waals surface area contributed by atoms with Gasteiger partial charge in [-0.15, -0.1) is 0 Å². The predicted molar refractivity (Wildman–Crippen MR) is 93.0 cm³/mol. The van der Waals surface area contributed by atoms with E-state index in [2.05, 4.69) is 15.5 Å². The molecule has 0 aliphatic carbocycles. The van der Waals surface area contributed by atoms with Crippen molar-refractivity contribution in [2.24, 2.45) is 0 Å². The molecule has 0 atom stereocenters. The van der Waals surface area contributed by atoms with Gasteiger partial charge in [-0.05, 0) is 43.2 Å². The molecule has 24 heavy (non-hydrogen) atoms. The van der Waals surface area contributed by atoms with Crippen molar-refractivity contribution in [1.82, 2.24) is 10.1 Å². The second-order valence-electron chi connectivity index (χ2n) is 5.51.